The van der Waals surface area contributed by atoms with Crippen molar-refractivity contribution >= 4 is 18.0 Å². The minimum Gasteiger partial charge on any atom is -0.507 e. The molecule has 1 N–H and O–H groups in total. The highest BCUT2D eigenvalue weighted by molar-refractivity contribution is 5.83. The summed E-state index contributed by atoms with van der Waals surface area (Å²) in [6, 6.07) is 6.84. The van der Waals surface area contributed by atoms with Gasteiger partial charge in [0.05, 0.1) is 25.6 Å². The van der Waals surface area contributed by atoms with Gasteiger partial charge >= 0.3 is 0 Å². The highest BCUT2D eigenvalue weighted by atomic mass is 19.1. The molecule has 1 saturated heterocycles. The van der Waals surface area contributed by atoms with Gasteiger partial charge in [0.15, 0.2) is 11.6 Å². The van der Waals surface area contributed by atoms with E-state index in [0.29, 0.717) is 31.9 Å². The van der Waals surface area contributed by atoms with Gasteiger partial charge in [-0.2, -0.15) is 10.1 Å². The van der Waals surface area contributed by atoms with Crippen LogP contribution < -0.4 is 9.91 Å². The predicted octanol–water partition coefficient (Wildman–Crippen LogP) is 1.63. The van der Waals surface area contributed by atoms with E-state index in [9.17, 15) is 9.50 Å². The van der Waals surface area contributed by atoms with Crippen molar-refractivity contribution in [3.05, 3.63) is 41.8 Å². The number of aromatic nitrogens is 2. The molecule has 1 aliphatic heterocycles. The van der Waals surface area contributed by atoms with E-state index in [1.807, 2.05) is 4.90 Å². The molecule has 1 aromatic heterocycles. The van der Waals surface area contributed by atoms with Crippen LogP contribution in [0.1, 0.15) is 5.56 Å². The molecule has 0 spiro atoms. The third-order valence-corrected chi connectivity index (χ3v) is 3.62. The molecule has 1 fully saturated rings. The Hall–Kier alpha value is -2.74. The average molecular weight is 331 g/mol. The predicted molar refractivity (Wildman–Crippen MR) is 89.1 cm³/mol. The molecule has 1 aliphatic rings. The second-order valence-electron chi connectivity index (χ2n) is 5.27. The van der Waals surface area contributed by atoms with Gasteiger partial charge in [0.25, 0.3) is 0 Å². The standard InChI is InChI=1S/C16H18FN5O2/c1-21(19-10-12-4-2-3-5-14(12)23)16-18-11-13(17)15(20-16)22-6-8-24-9-7-22/h2-5,10-11,23H,6-9H2,1H3/b19-10+. The number of nitrogens with zero attached hydrogens (tertiary/aromatic N) is 5. The van der Waals surface area contributed by atoms with Crippen LogP contribution in [0.3, 0.4) is 0 Å². The molecular formula is C16H18FN5O2. The van der Waals surface area contributed by atoms with E-state index in [4.69, 9.17) is 4.74 Å². The van der Waals surface area contributed by atoms with Gasteiger partial charge < -0.3 is 14.7 Å². The van der Waals surface area contributed by atoms with Crippen molar-refractivity contribution in [2.75, 3.05) is 43.3 Å². The average Bonchev–Trinajstić information content (AvgIpc) is 2.62. The maximum Gasteiger partial charge on any atom is 0.248 e. The number of benzene rings is 1. The van der Waals surface area contributed by atoms with Gasteiger partial charge in [0.2, 0.25) is 5.95 Å². The lowest BCUT2D eigenvalue weighted by molar-refractivity contribution is 0.122. The number of ether oxygens (including phenoxy) is 1. The highest BCUT2D eigenvalue weighted by Crippen LogP contribution is 2.20. The highest BCUT2D eigenvalue weighted by Gasteiger charge is 2.18. The summed E-state index contributed by atoms with van der Waals surface area (Å²) in [7, 11) is 1.66. The summed E-state index contributed by atoms with van der Waals surface area (Å²) in [5.41, 5.74) is 0.569. The van der Waals surface area contributed by atoms with Crippen molar-refractivity contribution in [2.45, 2.75) is 0 Å². The van der Waals surface area contributed by atoms with E-state index in [-0.39, 0.29) is 17.5 Å². The van der Waals surface area contributed by atoms with Gasteiger partial charge in [0.1, 0.15) is 5.75 Å². The minimum atomic E-state index is -0.473. The first kappa shape index (κ1) is 16.1. The van der Waals surface area contributed by atoms with Crippen LogP contribution in [0.4, 0.5) is 16.2 Å². The molecule has 1 aromatic carbocycles. The SMILES string of the molecule is CN(/N=C/c1ccccc1O)c1ncc(F)c(N2CCOCC2)n1. The summed E-state index contributed by atoms with van der Waals surface area (Å²) in [5, 5.41) is 15.4. The van der Waals surface area contributed by atoms with Crippen molar-refractivity contribution in [3.63, 3.8) is 0 Å². The smallest absolute Gasteiger partial charge is 0.248 e. The summed E-state index contributed by atoms with van der Waals surface area (Å²) >= 11 is 0. The van der Waals surface area contributed by atoms with Crippen LogP contribution in [-0.2, 0) is 4.74 Å². The van der Waals surface area contributed by atoms with Crippen molar-refractivity contribution in [1.82, 2.24) is 9.97 Å². The number of phenols is 1. The first-order chi connectivity index (χ1) is 11.6. The normalized spacial score (nSPS) is 15.0. The molecule has 2 heterocycles. The third kappa shape index (κ3) is 3.60. The van der Waals surface area contributed by atoms with Crippen LogP contribution in [0.15, 0.2) is 35.6 Å². The zero-order chi connectivity index (χ0) is 16.9. The molecule has 0 atom stereocenters. The number of aromatic hydroxyl groups is 1. The Morgan fingerprint density at radius 3 is 2.83 bits per heavy atom. The number of anilines is 2. The van der Waals surface area contributed by atoms with Gasteiger partial charge in [-0.25, -0.2) is 14.4 Å². The Kier molecular flexibility index (Phi) is 4.85. The second-order valence-corrected chi connectivity index (χ2v) is 5.27. The number of hydrogen-bond donors (Lipinski definition) is 1. The van der Waals surface area contributed by atoms with Crippen LogP contribution >= 0.6 is 0 Å². The van der Waals surface area contributed by atoms with E-state index in [2.05, 4.69) is 15.1 Å². The van der Waals surface area contributed by atoms with Gasteiger partial charge in [-0.1, -0.05) is 12.1 Å². The van der Waals surface area contributed by atoms with Crippen LogP contribution in [0.5, 0.6) is 5.75 Å². The van der Waals surface area contributed by atoms with Gasteiger partial charge in [-0.3, -0.25) is 0 Å². The number of hydrazone groups is 1. The number of rotatable bonds is 4. The van der Waals surface area contributed by atoms with Crippen LogP contribution in [0.2, 0.25) is 0 Å². The second kappa shape index (κ2) is 7.22. The Balaban J connectivity index is 1.80. The summed E-state index contributed by atoms with van der Waals surface area (Å²) in [6.07, 6.45) is 2.63. The number of hydrogen-bond acceptors (Lipinski definition) is 7. The molecule has 8 heteroatoms. The van der Waals surface area contributed by atoms with Gasteiger partial charge in [-0.05, 0) is 12.1 Å². The van der Waals surface area contributed by atoms with E-state index >= 15 is 0 Å². The quantitative estimate of drug-likeness (QED) is 0.678. The molecule has 0 unspecified atom stereocenters. The summed E-state index contributed by atoms with van der Waals surface area (Å²) in [5.74, 6) is 0.167. The number of morpholine rings is 1. The fraction of sp³-hybridized carbons (Fsp3) is 0.312. The molecule has 0 bridgehead atoms. The third-order valence-electron chi connectivity index (χ3n) is 3.62. The largest absolute Gasteiger partial charge is 0.507 e. The van der Waals surface area contributed by atoms with Crippen molar-refractivity contribution in [3.8, 4) is 5.75 Å². The molecule has 0 aliphatic carbocycles. The van der Waals surface area contributed by atoms with Crippen LogP contribution in [0.25, 0.3) is 0 Å². The topological polar surface area (TPSA) is 74.1 Å². The number of halogens is 1. The zero-order valence-corrected chi connectivity index (χ0v) is 13.3. The summed E-state index contributed by atoms with van der Waals surface area (Å²) < 4.78 is 19.3. The Morgan fingerprint density at radius 2 is 2.08 bits per heavy atom. The molecule has 24 heavy (non-hydrogen) atoms. The zero-order valence-electron chi connectivity index (χ0n) is 13.3. The van der Waals surface area contributed by atoms with Crippen LogP contribution in [-0.4, -0.2) is 54.6 Å². The van der Waals surface area contributed by atoms with Gasteiger partial charge in [-0.15, -0.1) is 0 Å². The van der Waals surface area contributed by atoms with Crippen molar-refractivity contribution in [2.24, 2.45) is 5.10 Å². The lowest BCUT2D eigenvalue weighted by Gasteiger charge is -2.28. The minimum absolute atomic E-state index is 0.128. The molecule has 126 valence electrons. The Bertz CT molecular complexity index is 734. The number of para-hydroxylation sites is 1. The monoisotopic (exact) mass is 331 g/mol. The van der Waals surface area contributed by atoms with E-state index < -0.39 is 5.82 Å². The number of phenolic OH excluding ortho intramolecular Hbond substituents is 1. The molecule has 0 radical (unpaired) electrons. The molecular weight excluding hydrogens is 313 g/mol. The summed E-state index contributed by atoms with van der Waals surface area (Å²) in [6.45, 7) is 2.25. The fourth-order valence-electron chi connectivity index (χ4n) is 2.30. The fourth-order valence-corrected chi connectivity index (χ4v) is 2.30. The Labute approximate surface area is 139 Å². The van der Waals surface area contributed by atoms with Gasteiger partial charge in [0, 0.05) is 25.7 Å². The van der Waals surface area contributed by atoms with E-state index in [0.717, 1.165) is 6.20 Å². The van der Waals surface area contributed by atoms with Crippen molar-refractivity contribution in [1.29, 1.82) is 0 Å². The molecule has 7 nitrogen and oxygen atoms in total. The first-order valence-corrected chi connectivity index (χ1v) is 7.56. The van der Waals surface area contributed by atoms with E-state index in [1.165, 1.54) is 11.2 Å². The first-order valence-electron chi connectivity index (χ1n) is 7.56. The summed E-state index contributed by atoms with van der Waals surface area (Å²) in [4.78, 5) is 10.1. The van der Waals surface area contributed by atoms with Crippen molar-refractivity contribution < 1.29 is 14.2 Å². The van der Waals surface area contributed by atoms with Crippen LogP contribution in [0, 0.1) is 5.82 Å². The molecule has 0 saturated carbocycles. The maximum atomic E-state index is 14.0. The lowest BCUT2D eigenvalue weighted by atomic mass is 10.2. The molecule has 2 aromatic rings. The lowest BCUT2D eigenvalue weighted by Crippen LogP contribution is -2.37. The molecule has 0 amide bonds. The van der Waals surface area contributed by atoms with E-state index in [1.54, 1.807) is 31.3 Å². The maximum absolute atomic E-state index is 14.0. The molecule has 3 rings (SSSR count). The Morgan fingerprint density at radius 1 is 1.33 bits per heavy atom.